The lowest BCUT2D eigenvalue weighted by Gasteiger charge is -1.98. The molecule has 0 aliphatic heterocycles. The molecule has 0 aliphatic rings. The zero-order chi connectivity index (χ0) is 17.6. The predicted molar refractivity (Wildman–Crippen MR) is 95.7 cm³/mol. The number of benzene rings is 1. The van der Waals surface area contributed by atoms with Gasteiger partial charge in [-0.15, -0.1) is 0 Å². The summed E-state index contributed by atoms with van der Waals surface area (Å²) in [6.07, 6.45) is 1.35. The van der Waals surface area contributed by atoms with Crippen molar-refractivity contribution in [3.8, 4) is 22.8 Å². The highest BCUT2D eigenvalue weighted by Gasteiger charge is 2.13. The van der Waals surface area contributed by atoms with Crippen molar-refractivity contribution in [2.45, 2.75) is 13.8 Å². The van der Waals surface area contributed by atoms with Crippen LogP contribution in [-0.2, 0) is 0 Å². The molecule has 0 fully saturated rings. The number of hydrogen-bond donors (Lipinski definition) is 2. The minimum Gasteiger partial charge on any atom is -0.478 e. The van der Waals surface area contributed by atoms with Crippen LogP contribution in [0.1, 0.15) is 21.5 Å². The van der Waals surface area contributed by atoms with Crippen LogP contribution in [0.15, 0.2) is 53.1 Å². The fourth-order valence-electron chi connectivity index (χ4n) is 2.89. The smallest absolute Gasteiger partial charge is 0.337 e. The highest BCUT2D eigenvalue weighted by molar-refractivity contribution is 5.88. The van der Waals surface area contributed by atoms with Gasteiger partial charge in [0.15, 0.2) is 5.76 Å². The number of carboxylic acid groups (broad SMARTS) is 1. The van der Waals surface area contributed by atoms with Crippen molar-refractivity contribution >= 4 is 16.9 Å². The monoisotopic (exact) mass is 332 g/mol. The van der Waals surface area contributed by atoms with Crippen LogP contribution < -0.4 is 0 Å². The summed E-state index contributed by atoms with van der Waals surface area (Å²) < 4.78 is 6.04. The summed E-state index contributed by atoms with van der Waals surface area (Å²) in [5.41, 5.74) is 5.68. The molecule has 5 heteroatoms. The standard InChI is InChI=1S/C20H16N2O3/c1-11-3-4-12(2)19-14(11)9-18(25-19)17-8-7-16(22-17)15-6-5-13(10-21-15)20(23)24/h3-10,22H,1-2H3,(H,23,24). The number of fused-ring (bicyclic) bond motifs is 1. The van der Waals surface area contributed by atoms with Crippen LogP contribution in [0, 0.1) is 13.8 Å². The number of aryl methyl sites for hydroxylation is 2. The van der Waals surface area contributed by atoms with Gasteiger partial charge >= 0.3 is 5.97 Å². The van der Waals surface area contributed by atoms with Crippen LogP contribution in [0.4, 0.5) is 0 Å². The van der Waals surface area contributed by atoms with E-state index in [1.165, 1.54) is 11.8 Å². The Morgan fingerprint density at radius 1 is 1.04 bits per heavy atom. The van der Waals surface area contributed by atoms with Gasteiger partial charge in [0.05, 0.1) is 22.6 Å². The van der Waals surface area contributed by atoms with Gasteiger partial charge in [-0.3, -0.25) is 4.98 Å². The third-order valence-electron chi connectivity index (χ3n) is 4.34. The lowest BCUT2D eigenvalue weighted by atomic mass is 10.1. The van der Waals surface area contributed by atoms with Crippen molar-refractivity contribution in [2.24, 2.45) is 0 Å². The number of aromatic amines is 1. The number of hydrogen-bond acceptors (Lipinski definition) is 3. The summed E-state index contributed by atoms with van der Waals surface area (Å²) >= 11 is 0. The zero-order valence-corrected chi connectivity index (χ0v) is 13.8. The molecular formula is C20H16N2O3. The number of carbonyl (C=O) groups is 1. The third kappa shape index (κ3) is 2.59. The minimum atomic E-state index is -0.987. The Labute approximate surface area is 144 Å². The quantitative estimate of drug-likeness (QED) is 0.564. The Bertz CT molecular complexity index is 1050. The Hall–Kier alpha value is -3.34. The summed E-state index contributed by atoms with van der Waals surface area (Å²) in [4.78, 5) is 18.4. The Morgan fingerprint density at radius 3 is 2.48 bits per heavy atom. The molecule has 0 bridgehead atoms. The molecule has 0 aliphatic carbocycles. The number of aromatic nitrogens is 2. The van der Waals surface area contributed by atoms with E-state index >= 15 is 0 Å². The maximum Gasteiger partial charge on any atom is 0.337 e. The topological polar surface area (TPSA) is 79.1 Å². The molecule has 0 amide bonds. The lowest BCUT2D eigenvalue weighted by molar-refractivity contribution is 0.0696. The van der Waals surface area contributed by atoms with Crippen LogP contribution in [0.3, 0.4) is 0 Å². The molecule has 1 aromatic carbocycles. The summed E-state index contributed by atoms with van der Waals surface area (Å²) in [6, 6.07) is 13.2. The van der Waals surface area contributed by atoms with Gasteiger partial charge in [0.2, 0.25) is 0 Å². The van der Waals surface area contributed by atoms with Crippen molar-refractivity contribution < 1.29 is 14.3 Å². The molecule has 25 heavy (non-hydrogen) atoms. The highest BCUT2D eigenvalue weighted by Crippen LogP contribution is 2.32. The Kier molecular flexibility index (Phi) is 3.42. The molecule has 0 radical (unpaired) electrons. The fraction of sp³-hybridized carbons (Fsp3) is 0.100. The van der Waals surface area contributed by atoms with Crippen LogP contribution in [0.5, 0.6) is 0 Å². The van der Waals surface area contributed by atoms with Gasteiger partial charge < -0.3 is 14.5 Å². The molecule has 4 rings (SSSR count). The number of aromatic carboxylic acids is 1. The van der Waals surface area contributed by atoms with E-state index in [1.54, 1.807) is 12.1 Å². The molecule has 0 saturated heterocycles. The number of furan rings is 1. The second kappa shape index (κ2) is 5.63. The first kappa shape index (κ1) is 15.2. The number of nitrogens with zero attached hydrogens (tertiary/aromatic N) is 1. The largest absolute Gasteiger partial charge is 0.478 e. The first-order valence-electron chi connectivity index (χ1n) is 7.92. The van der Waals surface area contributed by atoms with E-state index < -0.39 is 5.97 Å². The molecule has 2 N–H and O–H groups in total. The van der Waals surface area contributed by atoms with Crippen LogP contribution >= 0.6 is 0 Å². The number of carboxylic acids is 1. The van der Waals surface area contributed by atoms with Crippen molar-refractivity contribution in [1.82, 2.24) is 9.97 Å². The summed E-state index contributed by atoms with van der Waals surface area (Å²) in [5.74, 6) is -0.222. The van der Waals surface area contributed by atoms with Gasteiger partial charge in [-0.05, 0) is 55.3 Å². The van der Waals surface area contributed by atoms with Crippen molar-refractivity contribution in [3.63, 3.8) is 0 Å². The van der Waals surface area contributed by atoms with Crippen LogP contribution in [0.2, 0.25) is 0 Å². The van der Waals surface area contributed by atoms with E-state index in [4.69, 9.17) is 9.52 Å². The van der Waals surface area contributed by atoms with Gasteiger partial charge in [0.25, 0.3) is 0 Å². The number of rotatable bonds is 3. The van der Waals surface area contributed by atoms with E-state index in [0.717, 1.165) is 33.7 Å². The lowest BCUT2D eigenvalue weighted by Crippen LogP contribution is -1.97. The molecule has 3 aromatic heterocycles. The molecule has 0 spiro atoms. The zero-order valence-electron chi connectivity index (χ0n) is 13.8. The van der Waals surface area contributed by atoms with Gasteiger partial charge in [0, 0.05) is 11.6 Å². The maximum absolute atomic E-state index is 10.9. The van der Waals surface area contributed by atoms with Crippen LogP contribution in [-0.4, -0.2) is 21.0 Å². The normalized spacial score (nSPS) is 11.1. The third-order valence-corrected chi connectivity index (χ3v) is 4.34. The first-order valence-corrected chi connectivity index (χ1v) is 7.92. The Balaban J connectivity index is 1.73. The number of nitrogens with one attached hydrogen (secondary N) is 1. The van der Waals surface area contributed by atoms with E-state index in [0.29, 0.717) is 5.69 Å². The molecule has 0 unspecified atom stereocenters. The van der Waals surface area contributed by atoms with E-state index in [1.807, 2.05) is 25.1 Å². The van der Waals surface area contributed by atoms with Crippen molar-refractivity contribution in [2.75, 3.05) is 0 Å². The summed E-state index contributed by atoms with van der Waals surface area (Å²) in [7, 11) is 0. The minimum absolute atomic E-state index is 0.166. The molecule has 0 saturated carbocycles. The molecule has 4 aromatic rings. The number of pyridine rings is 1. The second-order valence-corrected chi connectivity index (χ2v) is 6.08. The molecule has 5 nitrogen and oxygen atoms in total. The van der Waals surface area contributed by atoms with Crippen molar-refractivity contribution in [1.29, 1.82) is 0 Å². The molecular weight excluding hydrogens is 316 g/mol. The average Bonchev–Trinajstić information content (AvgIpc) is 3.26. The number of H-pyrrole nitrogens is 1. The Morgan fingerprint density at radius 2 is 1.80 bits per heavy atom. The van der Waals surface area contributed by atoms with Crippen molar-refractivity contribution in [3.05, 3.63) is 65.4 Å². The van der Waals surface area contributed by atoms with Gasteiger partial charge in [-0.1, -0.05) is 12.1 Å². The molecule has 124 valence electrons. The van der Waals surface area contributed by atoms with Gasteiger partial charge in [-0.2, -0.15) is 0 Å². The predicted octanol–water partition coefficient (Wildman–Crippen LogP) is 4.80. The summed E-state index contributed by atoms with van der Waals surface area (Å²) in [6.45, 7) is 4.10. The van der Waals surface area contributed by atoms with Gasteiger partial charge in [0.1, 0.15) is 5.58 Å². The van der Waals surface area contributed by atoms with E-state index in [-0.39, 0.29) is 5.56 Å². The maximum atomic E-state index is 10.9. The fourth-order valence-corrected chi connectivity index (χ4v) is 2.89. The molecule has 0 atom stereocenters. The molecule has 3 heterocycles. The highest BCUT2D eigenvalue weighted by atomic mass is 16.4. The van der Waals surface area contributed by atoms with Crippen LogP contribution in [0.25, 0.3) is 33.8 Å². The summed E-state index contributed by atoms with van der Waals surface area (Å²) in [5, 5.41) is 10.1. The SMILES string of the molecule is Cc1ccc(C)c2oc(-c3ccc(-c4ccc(C(=O)O)cn4)[nH]3)cc12. The van der Waals surface area contributed by atoms with E-state index in [9.17, 15) is 4.79 Å². The second-order valence-electron chi connectivity index (χ2n) is 6.08. The average molecular weight is 332 g/mol. The van der Waals surface area contributed by atoms with Gasteiger partial charge in [-0.25, -0.2) is 4.79 Å². The van der Waals surface area contributed by atoms with E-state index in [2.05, 4.69) is 29.0 Å². The first-order chi connectivity index (χ1) is 12.0.